The van der Waals surface area contributed by atoms with E-state index in [-0.39, 0.29) is 36.8 Å². The van der Waals surface area contributed by atoms with E-state index < -0.39 is 29.1 Å². The second-order valence-electron chi connectivity index (χ2n) is 9.60. The average Bonchev–Trinajstić information content (AvgIpc) is 3.24. The number of carbonyl (C=O) groups is 3. The molecular formula is C23H39N3O5. The van der Waals surface area contributed by atoms with Crippen molar-refractivity contribution in [1.82, 2.24) is 15.5 Å². The predicted octanol–water partition coefficient (Wildman–Crippen LogP) is 1.21. The predicted molar refractivity (Wildman–Crippen MR) is 116 cm³/mol. The van der Waals surface area contributed by atoms with Crippen LogP contribution in [0.2, 0.25) is 0 Å². The Morgan fingerprint density at radius 3 is 2.48 bits per heavy atom. The van der Waals surface area contributed by atoms with Crippen LogP contribution in [-0.4, -0.2) is 71.2 Å². The summed E-state index contributed by atoms with van der Waals surface area (Å²) in [4.78, 5) is 41.7. The Morgan fingerprint density at radius 2 is 1.84 bits per heavy atom. The van der Waals surface area contributed by atoms with Gasteiger partial charge in [0.05, 0.1) is 17.4 Å². The van der Waals surface area contributed by atoms with Crippen molar-refractivity contribution in [2.75, 3.05) is 26.2 Å². The van der Waals surface area contributed by atoms with Gasteiger partial charge in [-0.05, 0) is 38.5 Å². The van der Waals surface area contributed by atoms with Crippen molar-refractivity contribution in [3.63, 3.8) is 0 Å². The van der Waals surface area contributed by atoms with Crippen LogP contribution in [0.4, 0.5) is 0 Å². The van der Waals surface area contributed by atoms with E-state index in [0.717, 1.165) is 25.7 Å². The molecule has 0 aromatic carbocycles. The minimum Gasteiger partial charge on any atom is -0.396 e. The van der Waals surface area contributed by atoms with Crippen LogP contribution in [-0.2, 0) is 19.1 Å². The van der Waals surface area contributed by atoms with Crippen LogP contribution in [0.1, 0.15) is 66.2 Å². The zero-order chi connectivity index (χ0) is 22.8. The van der Waals surface area contributed by atoms with E-state index >= 15 is 0 Å². The summed E-state index contributed by atoms with van der Waals surface area (Å²) in [5.41, 5.74) is -1.77. The molecule has 0 radical (unpaired) electrons. The topological polar surface area (TPSA) is 108 Å². The lowest BCUT2D eigenvalue weighted by Crippen LogP contribution is -2.56. The number of ether oxygens (including phenoxy) is 1. The highest BCUT2D eigenvalue weighted by Gasteiger charge is 2.79. The maximum absolute atomic E-state index is 13.6. The van der Waals surface area contributed by atoms with Crippen molar-refractivity contribution < 1.29 is 24.2 Å². The number of amides is 3. The van der Waals surface area contributed by atoms with Gasteiger partial charge in [-0.25, -0.2) is 0 Å². The maximum Gasteiger partial charge on any atom is 0.245 e. The SMILES string of the molecule is CCCCCNC(=O)C1N(CCCO)C(=O)[C@@H]2[C@H](C(=O)NCCC)[C@@]3(C)OC12CC3C. The number of hydrogen-bond acceptors (Lipinski definition) is 5. The molecular weight excluding hydrogens is 398 g/mol. The summed E-state index contributed by atoms with van der Waals surface area (Å²) in [5.74, 6) is -1.82. The summed E-state index contributed by atoms with van der Waals surface area (Å²) < 4.78 is 6.59. The summed E-state index contributed by atoms with van der Waals surface area (Å²) >= 11 is 0. The quantitative estimate of drug-likeness (QED) is 0.421. The lowest BCUT2D eigenvalue weighted by atomic mass is 9.62. The molecule has 0 aliphatic carbocycles. The van der Waals surface area contributed by atoms with Gasteiger partial charge >= 0.3 is 0 Å². The largest absolute Gasteiger partial charge is 0.396 e. The van der Waals surface area contributed by atoms with Crippen LogP contribution in [0.3, 0.4) is 0 Å². The Kier molecular flexibility index (Phi) is 7.31. The first-order valence-corrected chi connectivity index (χ1v) is 11.9. The lowest BCUT2D eigenvalue weighted by molar-refractivity contribution is -0.147. The van der Waals surface area contributed by atoms with E-state index in [4.69, 9.17) is 4.74 Å². The van der Waals surface area contributed by atoms with Gasteiger partial charge in [0, 0.05) is 26.2 Å². The number of aliphatic hydroxyl groups is 1. The Morgan fingerprint density at radius 1 is 1.13 bits per heavy atom. The van der Waals surface area contributed by atoms with Crippen LogP contribution in [0.25, 0.3) is 0 Å². The third-order valence-electron chi connectivity index (χ3n) is 7.53. The van der Waals surface area contributed by atoms with Gasteiger partial charge in [0.1, 0.15) is 11.6 Å². The van der Waals surface area contributed by atoms with Crippen LogP contribution in [0.5, 0.6) is 0 Å². The molecule has 8 nitrogen and oxygen atoms in total. The molecule has 6 atom stereocenters. The van der Waals surface area contributed by atoms with Gasteiger partial charge in [0.15, 0.2) is 0 Å². The van der Waals surface area contributed by atoms with Gasteiger partial charge in [0.25, 0.3) is 0 Å². The molecule has 2 bridgehead atoms. The van der Waals surface area contributed by atoms with Gasteiger partial charge in [-0.2, -0.15) is 0 Å². The fourth-order valence-corrected chi connectivity index (χ4v) is 5.96. The number of rotatable bonds is 11. The Hall–Kier alpha value is -1.67. The highest BCUT2D eigenvalue weighted by atomic mass is 16.5. The van der Waals surface area contributed by atoms with E-state index in [1.807, 2.05) is 20.8 Å². The Bertz CT molecular complexity index is 701. The molecule has 3 rings (SSSR count). The van der Waals surface area contributed by atoms with Crippen LogP contribution in [0, 0.1) is 17.8 Å². The molecule has 3 aliphatic rings. The van der Waals surface area contributed by atoms with Crippen molar-refractivity contribution in [2.24, 2.45) is 17.8 Å². The molecule has 3 aliphatic heterocycles. The van der Waals surface area contributed by atoms with Gasteiger partial charge in [0.2, 0.25) is 17.7 Å². The Balaban J connectivity index is 1.94. The highest BCUT2D eigenvalue weighted by molar-refractivity contribution is 5.99. The van der Waals surface area contributed by atoms with Gasteiger partial charge in [-0.15, -0.1) is 0 Å². The molecule has 3 heterocycles. The zero-order valence-electron chi connectivity index (χ0n) is 19.4. The molecule has 0 aromatic rings. The summed E-state index contributed by atoms with van der Waals surface area (Å²) in [6, 6.07) is -0.772. The number of fused-ring (bicyclic) bond motifs is 1. The minimum absolute atomic E-state index is 0.0436. The fraction of sp³-hybridized carbons (Fsp3) is 0.870. The fourth-order valence-electron chi connectivity index (χ4n) is 5.96. The van der Waals surface area contributed by atoms with Crippen LogP contribution < -0.4 is 10.6 Å². The number of aliphatic hydroxyl groups excluding tert-OH is 1. The molecule has 176 valence electrons. The van der Waals surface area contributed by atoms with Gasteiger partial charge < -0.3 is 25.4 Å². The van der Waals surface area contributed by atoms with Crippen molar-refractivity contribution >= 4 is 17.7 Å². The number of likely N-dealkylation sites (tertiary alicyclic amines) is 1. The molecule has 3 N–H and O–H groups in total. The first kappa shape index (κ1) is 24.0. The average molecular weight is 438 g/mol. The van der Waals surface area contributed by atoms with Gasteiger partial charge in [-0.3, -0.25) is 14.4 Å². The highest BCUT2D eigenvalue weighted by Crippen LogP contribution is 2.65. The van der Waals surface area contributed by atoms with Crippen LogP contribution >= 0.6 is 0 Å². The minimum atomic E-state index is -0.996. The summed E-state index contributed by atoms with van der Waals surface area (Å²) in [7, 11) is 0. The number of carbonyl (C=O) groups excluding carboxylic acids is 3. The number of hydrogen-bond donors (Lipinski definition) is 3. The standard InChI is InChI=1S/C23H39N3O5/c1-5-7-8-11-25-20(29)18-23-14-15(3)22(4,31-23)16(19(28)24-10-6-2)17(23)21(30)26(18)12-9-13-27/h15-18,27H,5-14H2,1-4H3,(H,24,28)(H,25,29)/t15?,16-,17+,18?,22+,23?/m1/s1. The zero-order valence-corrected chi connectivity index (χ0v) is 19.4. The first-order chi connectivity index (χ1) is 14.8. The smallest absolute Gasteiger partial charge is 0.245 e. The summed E-state index contributed by atoms with van der Waals surface area (Å²) in [6.07, 6.45) is 4.72. The Labute approximate surface area is 185 Å². The third-order valence-corrected chi connectivity index (χ3v) is 7.53. The maximum atomic E-state index is 13.6. The normalized spacial score (nSPS) is 36.0. The third kappa shape index (κ3) is 3.86. The molecule has 1 spiro atoms. The van der Waals surface area contributed by atoms with E-state index in [1.54, 1.807) is 4.90 Å². The molecule has 3 amide bonds. The van der Waals surface area contributed by atoms with Crippen molar-refractivity contribution in [3.8, 4) is 0 Å². The van der Waals surface area contributed by atoms with Gasteiger partial charge in [-0.1, -0.05) is 33.6 Å². The van der Waals surface area contributed by atoms with E-state index in [2.05, 4.69) is 17.6 Å². The molecule has 0 saturated carbocycles. The molecule has 3 unspecified atom stereocenters. The summed E-state index contributed by atoms with van der Waals surface area (Å²) in [5, 5.41) is 15.3. The van der Waals surface area contributed by atoms with Crippen molar-refractivity contribution in [1.29, 1.82) is 0 Å². The van der Waals surface area contributed by atoms with Crippen molar-refractivity contribution in [2.45, 2.75) is 83.5 Å². The number of nitrogens with one attached hydrogen (secondary N) is 2. The second kappa shape index (κ2) is 9.45. The molecule has 3 saturated heterocycles. The monoisotopic (exact) mass is 437 g/mol. The van der Waals surface area contributed by atoms with E-state index in [1.165, 1.54) is 0 Å². The molecule has 0 aromatic heterocycles. The number of nitrogens with zero attached hydrogens (tertiary/aromatic N) is 1. The second-order valence-corrected chi connectivity index (χ2v) is 9.60. The van der Waals surface area contributed by atoms with E-state index in [0.29, 0.717) is 25.9 Å². The first-order valence-electron chi connectivity index (χ1n) is 11.9. The van der Waals surface area contributed by atoms with Crippen LogP contribution in [0.15, 0.2) is 0 Å². The van der Waals surface area contributed by atoms with Crippen molar-refractivity contribution in [3.05, 3.63) is 0 Å². The molecule has 31 heavy (non-hydrogen) atoms. The molecule has 3 fully saturated rings. The summed E-state index contributed by atoms with van der Waals surface area (Å²) in [6.45, 7) is 9.36. The van der Waals surface area contributed by atoms with E-state index in [9.17, 15) is 19.5 Å². The lowest BCUT2D eigenvalue weighted by Gasteiger charge is -2.36. The molecule has 8 heteroatoms. The number of unbranched alkanes of at least 4 members (excludes halogenated alkanes) is 2.